The number of aromatic hydroxyl groups is 1. The number of Topliss-reactive ketones (excluding diaryl/α,β-unsaturated/α-hetero) is 1. The minimum atomic E-state index is -0.762. The lowest BCUT2D eigenvalue weighted by Gasteiger charge is -2.34. The van der Waals surface area contributed by atoms with Gasteiger partial charge in [0.25, 0.3) is 0 Å². The van der Waals surface area contributed by atoms with Crippen molar-refractivity contribution in [1.82, 2.24) is 5.32 Å². The summed E-state index contributed by atoms with van der Waals surface area (Å²) in [6.45, 7) is 1.76. The molecule has 8 nitrogen and oxygen atoms in total. The van der Waals surface area contributed by atoms with Gasteiger partial charge in [-0.05, 0) is 57.1 Å². The van der Waals surface area contributed by atoms with Gasteiger partial charge in [-0.3, -0.25) is 14.9 Å². The van der Waals surface area contributed by atoms with Crippen LogP contribution in [-0.4, -0.2) is 27.9 Å². The molecule has 8 heteroatoms. The van der Waals surface area contributed by atoms with Gasteiger partial charge in [-0.2, -0.15) is 0 Å². The lowest BCUT2D eigenvalue weighted by atomic mass is 9.75. The van der Waals surface area contributed by atoms with Crippen LogP contribution in [0.3, 0.4) is 0 Å². The number of rotatable bonds is 4. The Bertz CT molecular complexity index is 987. The number of ether oxygens (including phenoxy) is 1. The van der Waals surface area contributed by atoms with Gasteiger partial charge >= 0.3 is 11.7 Å². The van der Waals surface area contributed by atoms with Crippen LogP contribution in [0.15, 0.2) is 40.7 Å². The summed E-state index contributed by atoms with van der Waals surface area (Å²) in [6.07, 6.45) is 5.24. The molecule has 1 aromatic rings. The van der Waals surface area contributed by atoms with Gasteiger partial charge in [0.1, 0.15) is 6.10 Å². The average Bonchev–Trinajstić information content (AvgIpc) is 3.20. The van der Waals surface area contributed by atoms with Crippen LogP contribution in [0.5, 0.6) is 5.75 Å². The number of esters is 1. The summed E-state index contributed by atoms with van der Waals surface area (Å²) in [5, 5.41) is 24.4. The predicted octanol–water partition coefficient (Wildman–Crippen LogP) is 3.75. The van der Waals surface area contributed by atoms with Crippen molar-refractivity contribution in [3.8, 4) is 5.75 Å². The number of carbonyl (C=O) groups excluding carboxylic acids is 2. The Morgan fingerprint density at radius 2 is 1.97 bits per heavy atom. The highest BCUT2D eigenvalue weighted by Gasteiger charge is 2.40. The van der Waals surface area contributed by atoms with Crippen molar-refractivity contribution >= 4 is 17.4 Å². The number of nitro groups is 1. The molecule has 4 rings (SSSR count). The zero-order valence-corrected chi connectivity index (χ0v) is 16.8. The van der Waals surface area contributed by atoms with Gasteiger partial charge < -0.3 is 15.2 Å². The topological polar surface area (TPSA) is 119 Å². The summed E-state index contributed by atoms with van der Waals surface area (Å²) in [5.74, 6) is -1.81. The van der Waals surface area contributed by atoms with Crippen LogP contribution in [0.25, 0.3) is 0 Å². The van der Waals surface area contributed by atoms with E-state index < -0.39 is 28.2 Å². The molecule has 1 unspecified atom stereocenters. The van der Waals surface area contributed by atoms with Crippen LogP contribution >= 0.6 is 0 Å². The van der Waals surface area contributed by atoms with E-state index in [0.29, 0.717) is 41.7 Å². The Labute approximate surface area is 173 Å². The summed E-state index contributed by atoms with van der Waals surface area (Å²) in [6, 6.07) is 4.01. The summed E-state index contributed by atoms with van der Waals surface area (Å²) in [7, 11) is 0. The lowest BCUT2D eigenvalue weighted by Crippen LogP contribution is -2.35. The molecule has 1 heterocycles. The number of nitrogens with zero attached hydrogens (tertiary/aromatic N) is 1. The number of hydrogen-bond acceptors (Lipinski definition) is 7. The van der Waals surface area contributed by atoms with E-state index in [1.54, 1.807) is 6.92 Å². The minimum Gasteiger partial charge on any atom is -0.502 e. The van der Waals surface area contributed by atoms with E-state index in [1.807, 2.05) is 0 Å². The van der Waals surface area contributed by atoms with E-state index in [4.69, 9.17) is 4.74 Å². The monoisotopic (exact) mass is 412 g/mol. The molecule has 3 aliphatic rings. The van der Waals surface area contributed by atoms with Crippen molar-refractivity contribution in [1.29, 1.82) is 0 Å². The molecular formula is C22H24N2O6. The van der Waals surface area contributed by atoms with E-state index >= 15 is 0 Å². The Hall–Kier alpha value is -3.16. The molecule has 158 valence electrons. The maximum absolute atomic E-state index is 13.2. The van der Waals surface area contributed by atoms with E-state index in [9.17, 15) is 24.8 Å². The minimum absolute atomic E-state index is 0.0804. The van der Waals surface area contributed by atoms with Crippen molar-refractivity contribution in [2.45, 2.75) is 63.9 Å². The van der Waals surface area contributed by atoms with Crippen molar-refractivity contribution in [3.63, 3.8) is 0 Å². The lowest BCUT2D eigenvalue weighted by molar-refractivity contribution is -0.385. The van der Waals surface area contributed by atoms with Crippen molar-refractivity contribution in [2.24, 2.45) is 0 Å². The standard InChI is InChI=1S/C22H24N2O6/c1-12-19(22(27)30-14-5-2-3-6-14)20(21-15(23-12)7-4-8-18(21)26)13-9-10-17(25)16(11-13)24(28)29/h9-11,14,20,23,25H,2-8H2,1H3. The number of nitrogens with one attached hydrogen (secondary N) is 1. The summed E-state index contributed by atoms with van der Waals surface area (Å²) < 4.78 is 5.74. The van der Waals surface area contributed by atoms with Gasteiger partial charge in [0.15, 0.2) is 11.5 Å². The van der Waals surface area contributed by atoms with Crippen molar-refractivity contribution < 1.29 is 24.4 Å². The van der Waals surface area contributed by atoms with E-state index in [0.717, 1.165) is 31.4 Å². The van der Waals surface area contributed by atoms with Gasteiger partial charge in [0.05, 0.1) is 10.5 Å². The molecule has 30 heavy (non-hydrogen) atoms. The fourth-order valence-corrected chi connectivity index (χ4v) is 4.67. The second-order valence-corrected chi connectivity index (χ2v) is 8.08. The van der Waals surface area contributed by atoms with Crippen LogP contribution in [0.4, 0.5) is 5.69 Å². The van der Waals surface area contributed by atoms with Gasteiger partial charge in [-0.25, -0.2) is 4.79 Å². The number of carbonyl (C=O) groups is 2. The second-order valence-electron chi connectivity index (χ2n) is 8.08. The fraction of sp³-hybridized carbons (Fsp3) is 0.455. The molecule has 0 spiro atoms. The molecule has 0 aromatic heterocycles. The summed E-state index contributed by atoms with van der Waals surface area (Å²) >= 11 is 0. The van der Waals surface area contributed by atoms with Crippen molar-refractivity contribution in [2.75, 3.05) is 0 Å². The molecule has 0 radical (unpaired) electrons. The Kier molecular flexibility index (Phi) is 5.32. The van der Waals surface area contributed by atoms with E-state index in [2.05, 4.69) is 5.32 Å². The number of dihydropyridines is 1. The molecule has 0 saturated heterocycles. The number of hydrogen-bond donors (Lipinski definition) is 2. The fourth-order valence-electron chi connectivity index (χ4n) is 4.67. The second kappa shape index (κ2) is 7.93. The summed E-state index contributed by atoms with van der Waals surface area (Å²) in [4.78, 5) is 36.7. The first-order chi connectivity index (χ1) is 14.4. The van der Waals surface area contributed by atoms with Crippen LogP contribution in [0.2, 0.25) is 0 Å². The van der Waals surface area contributed by atoms with Crippen LogP contribution in [-0.2, 0) is 14.3 Å². The Morgan fingerprint density at radius 1 is 1.23 bits per heavy atom. The molecule has 0 bridgehead atoms. The molecule has 0 amide bonds. The third-order valence-electron chi connectivity index (χ3n) is 6.10. The van der Waals surface area contributed by atoms with Gasteiger partial charge in [0.2, 0.25) is 0 Å². The predicted molar refractivity (Wildman–Crippen MR) is 108 cm³/mol. The highest BCUT2D eigenvalue weighted by atomic mass is 16.6. The van der Waals surface area contributed by atoms with E-state index in [-0.39, 0.29) is 11.9 Å². The molecule has 1 saturated carbocycles. The number of ketones is 1. The number of nitro benzene ring substituents is 1. The normalized spacial score (nSPS) is 22.0. The van der Waals surface area contributed by atoms with Crippen molar-refractivity contribution in [3.05, 3.63) is 56.4 Å². The van der Waals surface area contributed by atoms with Gasteiger partial charge in [-0.1, -0.05) is 6.07 Å². The number of phenols is 1. The highest BCUT2D eigenvalue weighted by molar-refractivity contribution is 6.03. The van der Waals surface area contributed by atoms with E-state index in [1.165, 1.54) is 18.2 Å². The van der Waals surface area contributed by atoms with Crippen LogP contribution in [0, 0.1) is 10.1 Å². The smallest absolute Gasteiger partial charge is 0.337 e. The zero-order chi connectivity index (χ0) is 21.4. The molecule has 1 aliphatic heterocycles. The van der Waals surface area contributed by atoms with Gasteiger partial charge in [-0.15, -0.1) is 0 Å². The molecular weight excluding hydrogens is 388 g/mol. The maximum atomic E-state index is 13.2. The third kappa shape index (κ3) is 3.58. The maximum Gasteiger partial charge on any atom is 0.337 e. The number of phenolic OH excluding ortho intramolecular Hbond substituents is 1. The third-order valence-corrected chi connectivity index (χ3v) is 6.10. The average molecular weight is 412 g/mol. The molecule has 1 atom stereocenters. The first-order valence-corrected chi connectivity index (χ1v) is 10.3. The quantitative estimate of drug-likeness (QED) is 0.439. The van der Waals surface area contributed by atoms with Crippen LogP contribution < -0.4 is 5.32 Å². The Morgan fingerprint density at radius 3 is 2.67 bits per heavy atom. The molecule has 1 aromatic carbocycles. The Balaban J connectivity index is 1.81. The molecule has 2 aliphatic carbocycles. The first kappa shape index (κ1) is 20.1. The first-order valence-electron chi connectivity index (χ1n) is 10.3. The largest absolute Gasteiger partial charge is 0.502 e. The molecule has 2 N–H and O–H groups in total. The number of benzene rings is 1. The highest BCUT2D eigenvalue weighted by Crippen LogP contribution is 2.44. The van der Waals surface area contributed by atoms with Gasteiger partial charge in [0, 0.05) is 35.4 Å². The summed E-state index contributed by atoms with van der Waals surface area (Å²) in [5.41, 5.74) is 2.06. The van der Waals surface area contributed by atoms with Crippen LogP contribution in [0.1, 0.15) is 63.4 Å². The molecule has 1 fully saturated rings. The number of allylic oxidation sites excluding steroid dienone is 3. The SMILES string of the molecule is CC1=C(C(=O)OC2CCCC2)C(c2ccc(O)c([N+](=O)[O-])c2)C2=C(CCCC2=O)N1. The zero-order valence-electron chi connectivity index (χ0n) is 16.8.